The number of aromatic nitrogens is 1. The molecule has 1 aromatic heterocycles. The fraction of sp³-hybridized carbons (Fsp3) is 0.333. The molecule has 0 spiro atoms. The second-order valence-electron chi connectivity index (χ2n) is 3.84. The van der Waals surface area contributed by atoms with E-state index in [9.17, 15) is 4.79 Å². The minimum absolute atomic E-state index is 0.0649. The van der Waals surface area contributed by atoms with Gasteiger partial charge < -0.3 is 4.90 Å². The molecule has 0 unspecified atom stereocenters. The predicted octanol–water partition coefficient (Wildman–Crippen LogP) is 2.53. The molecule has 1 amide bonds. The Bertz CT molecular complexity index is 415. The van der Waals surface area contributed by atoms with Crippen LogP contribution in [0.15, 0.2) is 31.0 Å². The molecule has 1 aromatic rings. The van der Waals surface area contributed by atoms with Crippen LogP contribution in [-0.2, 0) is 0 Å². The van der Waals surface area contributed by atoms with Crippen LogP contribution in [0.1, 0.15) is 23.3 Å². The second kappa shape index (κ2) is 4.66. The van der Waals surface area contributed by atoms with Crippen molar-refractivity contribution in [3.8, 4) is 0 Å². The molecule has 84 valence electrons. The summed E-state index contributed by atoms with van der Waals surface area (Å²) in [4.78, 5) is 18.0. The zero-order valence-electron chi connectivity index (χ0n) is 8.90. The van der Waals surface area contributed by atoms with Crippen molar-refractivity contribution >= 4 is 17.5 Å². The van der Waals surface area contributed by atoms with Crippen molar-refractivity contribution in [2.75, 3.05) is 6.54 Å². The van der Waals surface area contributed by atoms with Crippen LogP contribution < -0.4 is 0 Å². The summed E-state index contributed by atoms with van der Waals surface area (Å²) in [7, 11) is 0. The highest BCUT2D eigenvalue weighted by Gasteiger charge is 2.32. The zero-order chi connectivity index (χ0) is 11.5. The summed E-state index contributed by atoms with van der Waals surface area (Å²) in [5.41, 5.74) is 0.404. The van der Waals surface area contributed by atoms with Crippen LogP contribution in [0.4, 0.5) is 0 Å². The van der Waals surface area contributed by atoms with E-state index in [0.717, 1.165) is 12.8 Å². The summed E-state index contributed by atoms with van der Waals surface area (Å²) in [6.07, 6.45) is 5.43. The molecule has 3 nitrogen and oxygen atoms in total. The van der Waals surface area contributed by atoms with Crippen molar-refractivity contribution in [3.63, 3.8) is 0 Å². The van der Waals surface area contributed by atoms with Gasteiger partial charge in [0.2, 0.25) is 0 Å². The van der Waals surface area contributed by atoms with Crippen LogP contribution >= 0.6 is 11.6 Å². The highest BCUT2D eigenvalue weighted by molar-refractivity contribution is 6.30. The quantitative estimate of drug-likeness (QED) is 0.753. The fourth-order valence-corrected chi connectivity index (χ4v) is 1.75. The molecule has 1 heterocycles. The van der Waals surface area contributed by atoms with E-state index < -0.39 is 0 Å². The number of carbonyl (C=O) groups excluding carboxylic acids is 1. The summed E-state index contributed by atoms with van der Waals surface area (Å²) in [6, 6.07) is 3.61. The van der Waals surface area contributed by atoms with Crippen LogP contribution in [0.25, 0.3) is 0 Å². The lowest BCUT2D eigenvalue weighted by atomic mass is 10.3. The van der Waals surface area contributed by atoms with Gasteiger partial charge in [0.15, 0.2) is 0 Å². The van der Waals surface area contributed by atoms with Gasteiger partial charge in [-0.2, -0.15) is 0 Å². The molecule has 1 aliphatic carbocycles. The SMILES string of the molecule is C=CCN(C(=O)c1cc(Cl)ccn1)C1CC1. The van der Waals surface area contributed by atoms with E-state index in [1.165, 1.54) is 0 Å². The number of halogens is 1. The largest absolute Gasteiger partial charge is 0.331 e. The topological polar surface area (TPSA) is 33.2 Å². The van der Waals surface area contributed by atoms with Crippen molar-refractivity contribution in [1.29, 1.82) is 0 Å². The molecule has 0 saturated heterocycles. The first-order valence-corrected chi connectivity index (χ1v) is 5.63. The molecule has 16 heavy (non-hydrogen) atoms. The van der Waals surface area contributed by atoms with Crippen LogP contribution in [0.3, 0.4) is 0 Å². The number of pyridine rings is 1. The number of rotatable bonds is 4. The van der Waals surface area contributed by atoms with E-state index in [1.54, 1.807) is 29.3 Å². The first kappa shape index (κ1) is 11.1. The van der Waals surface area contributed by atoms with Gasteiger partial charge in [-0.1, -0.05) is 17.7 Å². The fourth-order valence-electron chi connectivity index (χ4n) is 1.59. The van der Waals surface area contributed by atoms with Crippen molar-refractivity contribution in [2.24, 2.45) is 0 Å². The summed E-state index contributed by atoms with van der Waals surface area (Å²) in [5.74, 6) is -0.0649. The van der Waals surface area contributed by atoms with Gasteiger partial charge in [-0.3, -0.25) is 9.78 Å². The maximum absolute atomic E-state index is 12.1. The van der Waals surface area contributed by atoms with Crippen LogP contribution in [0, 0.1) is 0 Å². The van der Waals surface area contributed by atoms with Crippen LogP contribution in [0.5, 0.6) is 0 Å². The van der Waals surface area contributed by atoms with E-state index in [-0.39, 0.29) is 5.91 Å². The number of hydrogen-bond donors (Lipinski definition) is 0. The Hall–Kier alpha value is -1.35. The van der Waals surface area contributed by atoms with Gasteiger partial charge in [0.1, 0.15) is 5.69 Å². The summed E-state index contributed by atoms with van der Waals surface area (Å²) >= 11 is 5.83. The number of nitrogens with zero attached hydrogens (tertiary/aromatic N) is 2. The lowest BCUT2D eigenvalue weighted by molar-refractivity contribution is 0.0757. The van der Waals surface area contributed by atoms with E-state index in [1.807, 2.05) is 0 Å². The highest BCUT2D eigenvalue weighted by atomic mass is 35.5. The van der Waals surface area contributed by atoms with Gasteiger partial charge in [-0.05, 0) is 25.0 Å². The molecular weight excluding hydrogens is 224 g/mol. The third-order valence-corrected chi connectivity index (χ3v) is 2.75. The minimum Gasteiger partial charge on any atom is -0.331 e. The normalized spacial score (nSPS) is 14.6. The summed E-state index contributed by atoms with van der Waals surface area (Å²) in [5, 5.41) is 0.535. The van der Waals surface area contributed by atoms with Crippen LogP contribution in [0.2, 0.25) is 5.02 Å². The summed E-state index contributed by atoms with van der Waals surface area (Å²) in [6.45, 7) is 4.23. The summed E-state index contributed by atoms with van der Waals surface area (Å²) < 4.78 is 0. The molecular formula is C12H13ClN2O. The first-order chi connectivity index (χ1) is 7.72. The van der Waals surface area contributed by atoms with Crippen molar-refractivity contribution in [3.05, 3.63) is 41.7 Å². The number of amides is 1. The molecule has 0 radical (unpaired) electrons. The first-order valence-electron chi connectivity index (χ1n) is 5.26. The third-order valence-electron chi connectivity index (χ3n) is 2.52. The smallest absolute Gasteiger partial charge is 0.273 e. The molecule has 2 rings (SSSR count). The number of hydrogen-bond acceptors (Lipinski definition) is 2. The molecule has 1 aliphatic rings. The molecule has 1 saturated carbocycles. The Balaban J connectivity index is 2.18. The van der Waals surface area contributed by atoms with E-state index in [0.29, 0.717) is 23.3 Å². The lowest BCUT2D eigenvalue weighted by Crippen LogP contribution is -2.33. The monoisotopic (exact) mass is 236 g/mol. The Labute approximate surface area is 99.7 Å². The molecule has 4 heteroatoms. The van der Waals surface area contributed by atoms with E-state index in [2.05, 4.69) is 11.6 Å². The van der Waals surface area contributed by atoms with Gasteiger partial charge in [-0.25, -0.2) is 0 Å². The molecule has 1 fully saturated rings. The van der Waals surface area contributed by atoms with Gasteiger partial charge >= 0.3 is 0 Å². The van der Waals surface area contributed by atoms with Crippen molar-refractivity contribution in [1.82, 2.24) is 9.88 Å². The van der Waals surface area contributed by atoms with Gasteiger partial charge in [0.05, 0.1) is 0 Å². The molecule has 0 N–H and O–H groups in total. The van der Waals surface area contributed by atoms with E-state index in [4.69, 9.17) is 11.6 Å². The van der Waals surface area contributed by atoms with Gasteiger partial charge in [-0.15, -0.1) is 6.58 Å². The van der Waals surface area contributed by atoms with Crippen molar-refractivity contribution < 1.29 is 4.79 Å². The molecule has 0 atom stereocenters. The third kappa shape index (κ3) is 2.42. The number of carbonyl (C=O) groups is 1. The van der Waals surface area contributed by atoms with Gasteiger partial charge in [0.25, 0.3) is 5.91 Å². The van der Waals surface area contributed by atoms with E-state index >= 15 is 0 Å². The Morgan fingerprint density at radius 2 is 2.44 bits per heavy atom. The zero-order valence-corrected chi connectivity index (χ0v) is 9.65. The van der Waals surface area contributed by atoms with Crippen molar-refractivity contribution in [2.45, 2.75) is 18.9 Å². The maximum Gasteiger partial charge on any atom is 0.273 e. The predicted molar refractivity (Wildman–Crippen MR) is 63.5 cm³/mol. The Kier molecular flexibility index (Phi) is 3.25. The molecule has 0 aromatic carbocycles. The standard InChI is InChI=1S/C12H13ClN2O/c1-2-7-15(10-3-4-10)12(16)11-8-9(13)5-6-14-11/h2,5-6,8,10H,1,3-4,7H2. The maximum atomic E-state index is 12.1. The molecule has 0 aliphatic heterocycles. The average molecular weight is 237 g/mol. The Morgan fingerprint density at radius 1 is 1.69 bits per heavy atom. The average Bonchev–Trinajstić information content (AvgIpc) is 3.09. The molecule has 0 bridgehead atoms. The minimum atomic E-state index is -0.0649. The van der Waals surface area contributed by atoms with Crippen LogP contribution in [-0.4, -0.2) is 28.4 Å². The highest BCUT2D eigenvalue weighted by Crippen LogP contribution is 2.28. The Morgan fingerprint density at radius 3 is 3.00 bits per heavy atom. The second-order valence-corrected chi connectivity index (χ2v) is 4.27. The lowest BCUT2D eigenvalue weighted by Gasteiger charge is -2.19. The van der Waals surface area contributed by atoms with Gasteiger partial charge in [0, 0.05) is 23.8 Å².